The van der Waals surface area contributed by atoms with Crippen molar-refractivity contribution >= 4 is 23.3 Å². The second-order valence-corrected chi connectivity index (χ2v) is 4.12. The summed E-state index contributed by atoms with van der Waals surface area (Å²) in [6.07, 6.45) is 0. The number of alkyl halides is 2. The van der Waals surface area contributed by atoms with Crippen LogP contribution in [0.5, 0.6) is 5.75 Å². The molecule has 0 saturated heterocycles. The minimum atomic E-state index is -3.08. The first-order valence-corrected chi connectivity index (χ1v) is 5.71. The molecular formula is C12H12F2N2O4. The van der Waals surface area contributed by atoms with Gasteiger partial charge >= 0.3 is 12.6 Å². The Morgan fingerprint density at radius 1 is 1.35 bits per heavy atom. The van der Waals surface area contributed by atoms with Crippen molar-refractivity contribution in [3.63, 3.8) is 0 Å². The van der Waals surface area contributed by atoms with Gasteiger partial charge in [-0.05, 0) is 13.0 Å². The van der Waals surface area contributed by atoms with Gasteiger partial charge in [-0.1, -0.05) is 0 Å². The fourth-order valence-corrected chi connectivity index (χ4v) is 1.81. The molecule has 0 aromatic heterocycles. The molecule has 0 bridgehead atoms. The molecule has 6 nitrogen and oxygen atoms in total. The molecule has 0 saturated carbocycles. The van der Waals surface area contributed by atoms with Gasteiger partial charge in [0.15, 0.2) is 0 Å². The molecule has 1 atom stereocenters. The van der Waals surface area contributed by atoms with Gasteiger partial charge in [-0.2, -0.15) is 8.78 Å². The van der Waals surface area contributed by atoms with Crippen molar-refractivity contribution in [3.8, 4) is 5.75 Å². The molecule has 1 aliphatic heterocycles. The monoisotopic (exact) mass is 286 g/mol. The van der Waals surface area contributed by atoms with Gasteiger partial charge in [0.1, 0.15) is 17.4 Å². The number of anilines is 2. The highest BCUT2D eigenvalue weighted by Gasteiger charge is 2.26. The van der Waals surface area contributed by atoms with E-state index in [9.17, 15) is 18.4 Å². The average Bonchev–Trinajstić information content (AvgIpc) is 2.38. The summed E-state index contributed by atoms with van der Waals surface area (Å²) >= 11 is 0. The molecule has 1 heterocycles. The van der Waals surface area contributed by atoms with E-state index in [0.29, 0.717) is 11.4 Å². The Morgan fingerprint density at radius 3 is 2.65 bits per heavy atom. The van der Waals surface area contributed by atoms with Crippen molar-refractivity contribution in [2.24, 2.45) is 0 Å². The average molecular weight is 286 g/mol. The number of amides is 1. The predicted octanol–water partition coefficient (Wildman–Crippen LogP) is 1.83. The summed E-state index contributed by atoms with van der Waals surface area (Å²) in [5.41, 5.74) is 0.499. The van der Waals surface area contributed by atoms with E-state index in [1.165, 1.54) is 12.1 Å². The molecule has 0 aliphatic carbocycles. The molecule has 2 N–H and O–H groups in total. The number of hydrogen-bond donors (Lipinski definition) is 2. The van der Waals surface area contributed by atoms with Crippen LogP contribution in [0.25, 0.3) is 0 Å². The number of nitrogens with one attached hydrogen (secondary N) is 2. The first kappa shape index (κ1) is 14.0. The van der Waals surface area contributed by atoms with Crippen LogP contribution in [0, 0.1) is 0 Å². The van der Waals surface area contributed by atoms with Gasteiger partial charge in [-0.3, -0.25) is 4.79 Å². The summed E-state index contributed by atoms with van der Waals surface area (Å²) in [6, 6.07) is 1.94. The normalized spacial score (nSPS) is 17.1. The highest BCUT2D eigenvalue weighted by Crippen LogP contribution is 2.35. The highest BCUT2D eigenvalue weighted by atomic mass is 19.3. The van der Waals surface area contributed by atoms with Gasteiger partial charge < -0.3 is 20.1 Å². The van der Waals surface area contributed by atoms with Gasteiger partial charge in [-0.25, -0.2) is 4.79 Å². The maximum absolute atomic E-state index is 12.4. The van der Waals surface area contributed by atoms with Crippen molar-refractivity contribution in [2.45, 2.75) is 19.6 Å². The third-order valence-electron chi connectivity index (χ3n) is 2.76. The van der Waals surface area contributed by atoms with Crippen LogP contribution < -0.4 is 15.4 Å². The van der Waals surface area contributed by atoms with Crippen LogP contribution in [0.15, 0.2) is 12.1 Å². The molecule has 2 rings (SSSR count). The topological polar surface area (TPSA) is 76.7 Å². The van der Waals surface area contributed by atoms with E-state index in [1.807, 2.05) is 0 Å². The zero-order valence-electron chi connectivity index (χ0n) is 10.7. The lowest BCUT2D eigenvalue weighted by Crippen LogP contribution is -2.36. The zero-order chi connectivity index (χ0) is 14.9. The summed E-state index contributed by atoms with van der Waals surface area (Å²) in [7, 11) is 1.12. The second kappa shape index (κ2) is 5.32. The summed E-state index contributed by atoms with van der Waals surface area (Å²) in [5, 5.41) is 5.38. The van der Waals surface area contributed by atoms with Crippen molar-refractivity contribution in [3.05, 3.63) is 17.7 Å². The molecule has 0 fully saturated rings. The maximum Gasteiger partial charge on any atom is 0.387 e. The molecule has 20 heavy (non-hydrogen) atoms. The van der Waals surface area contributed by atoms with Gasteiger partial charge in [-0.15, -0.1) is 0 Å². The number of carbonyl (C=O) groups is 2. The van der Waals surface area contributed by atoms with E-state index in [0.717, 1.165) is 7.11 Å². The van der Waals surface area contributed by atoms with Crippen LogP contribution in [0.3, 0.4) is 0 Å². The van der Waals surface area contributed by atoms with Crippen molar-refractivity contribution in [1.82, 2.24) is 0 Å². The number of halogens is 2. The standard InChI is InChI=1S/C12H12F2N2O4/c1-5-10(17)16-7-3-6(11(18)19-2)9(20-12(13)14)4-8(7)15-5/h3-5,12,15H,1-2H3,(H,16,17). The molecule has 0 spiro atoms. The van der Waals surface area contributed by atoms with E-state index in [4.69, 9.17) is 0 Å². The lowest BCUT2D eigenvalue weighted by atomic mass is 10.1. The van der Waals surface area contributed by atoms with Crippen LogP contribution >= 0.6 is 0 Å². The molecule has 1 aromatic carbocycles. The van der Waals surface area contributed by atoms with Crippen molar-refractivity contribution < 1.29 is 27.8 Å². The molecule has 1 amide bonds. The molecular weight excluding hydrogens is 274 g/mol. The van der Waals surface area contributed by atoms with Gasteiger partial charge in [0.2, 0.25) is 5.91 Å². The highest BCUT2D eigenvalue weighted by molar-refractivity contribution is 6.05. The maximum atomic E-state index is 12.4. The zero-order valence-corrected chi connectivity index (χ0v) is 10.7. The molecule has 8 heteroatoms. The van der Waals surface area contributed by atoms with E-state index in [2.05, 4.69) is 20.1 Å². The summed E-state index contributed by atoms with van der Waals surface area (Å²) in [5.74, 6) is -1.45. The first-order valence-electron chi connectivity index (χ1n) is 5.71. The Labute approximate surface area is 113 Å². The summed E-state index contributed by atoms with van der Waals surface area (Å²) in [4.78, 5) is 23.1. The van der Waals surface area contributed by atoms with E-state index < -0.39 is 18.6 Å². The van der Waals surface area contributed by atoms with Crippen LogP contribution in [0.2, 0.25) is 0 Å². The predicted molar refractivity (Wildman–Crippen MR) is 66.1 cm³/mol. The Bertz CT molecular complexity index is 563. The molecule has 108 valence electrons. The summed E-state index contributed by atoms with van der Waals surface area (Å²) in [6.45, 7) is -1.47. The number of esters is 1. The largest absolute Gasteiger partial charge is 0.465 e. The number of benzene rings is 1. The Kier molecular flexibility index (Phi) is 3.73. The Morgan fingerprint density at radius 2 is 2.05 bits per heavy atom. The van der Waals surface area contributed by atoms with Crippen LogP contribution in [0.1, 0.15) is 17.3 Å². The van der Waals surface area contributed by atoms with E-state index >= 15 is 0 Å². The lowest BCUT2D eigenvalue weighted by molar-refractivity contribution is -0.116. The fraction of sp³-hybridized carbons (Fsp3) is 0.333. The molecule has 1 aromatic rings. The third-order valence-corrected chi connectivity index (χ3v) is 2.76. The van der Waals surface area contributed by atoms with Crippen LogP contribution in [-0.4, -0.2) is 31.6 Å². The SMILES string of the molecule is COC(=O)c1cc2c(cc1OC(F)F)NC(C)C(=O)N2. The number of fused-ring (bicyclic) bond motifs is 1. The minimum absolute atomic E-state index is 0.191. The molecule has 1 unspecified atom stereocenters. The van der Waals surface area contributed by atoms with Crippen molar-refractivity contribution in [2.75, 3.05) is 17.7 Å². The van der Waals surface area contributed by atoms with Gasteiger partial charge in [0, 0.05) is 6.07 Å². The van der Waals surface area contributed by atoms with Crippen LogP contribution in [-0.2, 0) is 9.53 Å². The van der Waals surface area contributed by atoms with E-state index in [-0.39, 0.29) is 17.2 Å². The smallest absolute Gasteiger partial charge is 0.387 e. The molecule has 1 aliphatic rings. The molecule has 0 radical (unpaired) electrons. The van der Waals surface area contributed by atoms with Crippen molar-refractivity contribution in [1.29, 1.82) is 0 Å². The Balaban J connectivity index is 2.48. The summed E-state index contributed by atoms with van der Waals surface area (Å²) < 4.78 is 33.6. The van der Waals surface area contributed by atoms with Gasteiger partial charge in [0.05, 0.1) is 18.5 Å². The number of hydrogen-bond acceptors (Lipinski definition) is 5. The quantitative estimate of drug-likeness (QED) is 0.829. The van der Waals surface area contributed by atoms with Gasteiger partial charge in [0.25, 0.3) is 0 Å². The fourth-order valence-electron chi connectivity index (χ4n) is 1.81. The first-order chi connectivity index (χ1) is 9.42. The lowest BCUT2D eigenvalue weighted by Gasteiger charge is -2.25. The Hall–Kier alpha value is -2.38. The number of methoxy groups -OCH3 is 1. The third kappa shape index (κ3) is 2.63. The number of ether oxygens (including phenoxy) is 2. The number of rotatable bonds is 3. The minimum Gasteiger partial charge on any atom is -0.465 e. The van der Waals surface area contributed by atoms with Crippen LogP contribution in [0.4, 0.5) is 20.2 Å². The second-order valence-electron chi connectivity index (χ2n) is 4.12. The van der Waals surface area contributed by atoms with E-state index in [1.54, 1.807) is 6.92 Å². The number of carbonyl (C=O) groups excluding carboxylic acids is 2.